The van der Waals surface area contributed by atoms with Crippen LogP contribution in [0.25, 0.3) is 22.4 Å². The Morgan fingerprint density at radius 3 is 2.36 bits per heavy atom. The maximum Gasteiger partial charge on any atom is 0.0998 e. The summed E-state index contributed by atoms with van der Waals surface area (Å²) in [5.41, 5.74) is 2.76. The molecule has 0 N–H and O–H groups in total. The lowest BCUT2D eigenvalue weighted by atomic mass is 9.98. The average molecular weight is 281 g/mol. The third kappa shape index (κ3) is 2.97. The van der Waals surface area contributed by atoms with Crippen molar-refractivity contribution in [3.05, 3.63) is 96.1 Å². The number of fused-ring (bicyclic) bond motifs is 1. The third-order valence-electron chi connectivity index (χ3n) is 3.55. The largest absolute Gasteiger partial charge is 0.192 e. The van der Waals surface area contributed by atoms with Crippen LogP contribution in [0.5, 0.6) is 0 Å². The van der Waals surface area contributed by atoms with Gasteiger partial charge in [0, 0.05) is 5.56 Å². The smallest absolute Gasteiger partial charge is 0.0998 e. The lowest BCUT2D eigenvalue weighted by Crippen LogP contribution is -1.84. The van der Waals surface area contributed by atoms with Crippen molar-refractivity contribution in [1.29, 1.82) is 5.26 Å². The molecule has 0 heterocycles. The van der Waals surface area contributed by atoms with Crippen molar-refractivity contribution in [2.75, 3.05) is 0 Å². The lowest BCUT2D eigenvalue weighted by molar-refractivity contribution is 1.53. The Morgan fingerprint density at radius 1 is 0.818 bits per heavy atom. The highest BCUT2D eigenvalue weighted by molar-refractivity contribution is 5.97. The van der Waals surface area contributed by atoms with E-state index in [0.717, 1.165) is 21.9 Å². The summed E-state index contributed by atoms with van der Waals surface area (Å²) in [6.07, 6.45) is 5.80. The normalized spacial score (nSPS) is 11.7. The van der Waals surface area contributed by atoms with Crippen molar-refractivity contribution in [3.63, 3.8) is 0 Å². The van der Waals surface area contributed by atoms with E-state index in [0.29, 0.717) is 5.57 Å². The molecule has 3 aromatic rings. The summed E-state index contributed by atoms with van der Waals surface area (Å²) >= 11 is 0. The third-order valence-corrected chi connectivity index (χ3v) is 3.55. The molecule has 0 spiro atoms. The fourth-order valence-corrected chi connectivity index (χ4v) is 2.47. The molecular formula is C21H15N. The second-order valence-corrected chi connectivity index (χ2v) is 4.99. The summed E-state index contributed by atoms with van der Waals surface area (Å²) in [4.78, 5) is 0. The highest BCUT2D eigenvalue weighted by atomic mass is 14.2. The molecule has 1 nitrogen and oxygen atoms in total. The number of benzene rings is 3. The van der Waals surface area contributed by atoms with Crippen molar-refractivity contribution >= 4 is 22.4 Å². The zero-order chi connectivity index (χ0) is 15.2. The van der Waals surface area contributed by atoms with Crippen LogP contribution in [0, 0.1) is 11.3 Å². The van der Waals surface area contributed by atoms with Crippen LogP contribution < -0.4 is 0 Å². The summed E-state index contributed by atoms with van der Waals surface area (Å²) in [5.74, 6) is 0. The van der Waals surface area contributed by atoms with Crippen molar-refractivity contribution in [2.24, 2.45) is 0 Å². The Kier molecular flexibility index (Phi) is 4.13. The van der Waals surface area contributed by atoms with E-state index in [4.69, 9.17) is 0 Å². The van der Waals surface area contributed by atoms with E-state index in [9.17, 15) is 5.26 Å². The van der Waals surface area contributed by atoms with Gasteiger partial charge in [-0.1, -0.05) is 84.9 Å². The summed E-state index contributed by atoms with van der Waals surface area (Å²) in [7, 11) is 0. The maximum atomic E-state index is 9.48. The predicted octanol–water partition coefficient (Wildman–Crippen LogP) is 5.46. The van der Waals surface area contributed by atoms with Crippen LogP contribution in [0.1, 0.15) is 11.1 Å². The van der Waals surface area contributed by atoms with Crippen LogP contribution in [-0.2, 0) is 0 Å². The number of rotatable bonds is 3. The van der Waals surface area contributed by atoms with Gasteiger partial charge in [-0.25, -0.2) is 0 Å². The van der Waals surface area contributed by atoms with E-state index in [2.05, 4.69) is 24.3 Å². The SMILES string of the molecule is N#C/C(=C/C=C/c1ccccc1)c1cccc2ccccc12. The highest BCUT2D eigenvalue weighted by Gasteiger charge is 2.04. The van der Waals surface area contributed by atoms with Crippen molar-refractivity contribution < 1.29 is 0 Å². The van der Waals surface area contributed by atoms with Crippen molar-refractivity contribution in [1.82, 2.24) is 0 Å². The van der Waals surface area contributed by atoms with Crippen LogP contribution in [0.2, 0.25) is 0 Å². The minimum atomic E-state index is 0.670. The average Bonchev–Trinajstić information content (AvgIpc) is 2.59. The topological polar surface area (TPSA) is 23.8 Å². The number of nitriles is 1. The number of hydrogen-bond acceptors (Lipinski definition) is 1. The van der Waals surface area contributed by atoms with Crippen LogP contribution in [0.4, 0.5) is 0 Å². The van der Waals surface area contributed by atoms with Gasteiger partial charge < -0.3 is 0 Å². The summed E-state index contributed by atoms with van der Waals surface area (Å²) in [6, 6.07) is 26.5. The van der Waals surface area contributed by atoms with Gasteiger partial charge in [-0.15, -0.1) is 0 Å². The van der Waals surface area contributed by atoms with E-state index in [1.165, 1.54) is 0 Å². The molecule has 0 radical (unpaired) electrons. The quantitative estimate of drug-likeness (QED) is 0.462. The Bertz CT molecular complexity index is 875. The second kappa shape index (κ2) is 6.56. The van der Waals surface area contributed by atoms with E-state index < -0.39 is 0 Å². The Labute approximate surface area is 130 Å². The first kappa shape index (κ1) is 13.9. The monoisotopic (exact) mass is 281 g/mol. The van der Waals surface area contributed by atoms with Gasteiger partial charge in [0.1, 0.15) is 0 Å². The molecule has 104 valence electrons. The van der Waals surface area contributed by atoms with Crippen molar-refractivity contribution in [2.45, 2.75) is 0 Å². The van der Waals surface area contributed by atoms with Gasteiger partial charge in [-0.2, -0.15) is 5.26 Å². The van der Waals surface area contributed by atoms with Crippen LogP contribution >= 0.6 is 0 Å². The van der Waals surface area contributed by atoms with Gasteiger partial charge in [0.15, 0.2) is 0 Å². The fraction of sp³-hybridized carbons (Fsp3) is 0. The van der Waals surface area contributed by atoms with Gasteiger partial charge in [-0.05, 0) is 22.4 Å². The van der Waals surface area contributed by atoms with Gasteiger partial charge in [0.2, 0.25) is 0 Å². The van der Waals surface area contributed by atoms with E-state index in [1.54, 1.807) is 0 Å². The fourth-order valence-electron chi connectivity index (χ4n) is 2.47. The first-order chi connectivity index (χ1) is 10.9. The number of allylic oxidation sites excluding steroid dienone is 3. The van der Waals surface area contributed by atoms with Crippen molar-refractivity contribution in [3.8, 4) is 6.07 Å². The molecule has 3 rings (SSSR count). The molecular weight excluding hydrogens is 266 g/mol. The molecule has 0 aliphatic rings. The van der Waals surface area contributed by atoms with Crippen LogP contribution in [0.15, 0.2) is 84.9 Å². The van der Waals surface area contributed by atoms with Gasteiger partial charge in [0.05, 0.1) is 11.6 Å². The molecule has 0 bridgehead atoms. The van der Waals surface area contributed by atoms with E-state index in [-0.39, 0.29) is 0 Å². The molecule has 1 heteroatoms. The molecule has 0 aromatic heterocycles. The van der Waals surface area contributed by atoms with E-state index >= 15 is 0 Å². The molecule has 0 saturated carbocycles. The molecule has 0 saturated heterocycles. The Morgan fingerprint density at radius 2 is 1.55 bits per heavy atom. The van der Waals surface area contributed by atoms with Crippen LogP contribution in [-0.4, -0.2) is 0 Å². The zero-order valence-corrected chi connectivity index (χ0v) is 12.1. The highest BCUT2D eigenvalue weighted by Crippen LogP contribution is 2.24. The first-order valence-electron chi connectivity index (χ1n) is 7.20. The molecule has 0 amide bonds. The van der Waals surface area contributed by atoms with Gasteiger partial charge in [0.25, 0.3) is 0 Å². The molecule has 0 fully saturated rings. The van der Waals surface area contributed by atoms with Gasteiger partial charge >= 0.3 is 0 Å². The molecule has 0 unspecified atom stereocenters. The molecule has 0 aliphatic carbocycles. The minimum Gasteiger partial charge on any atom is -0.192 e. The number of hydrogen-bond donors (Lipinski definition) is 0. The number of nitrogens with zero attached hydrogens (tertiary/aromatic N) is 1. The second-order valence-electron chi connectivity index (χ2n) is 4.99. The zero-order valence-electron chi connectivity index (χ0n) is 12.1. The summed E-state index contributed by atoms with van der Waals surface area (Å²) in [5, 5.41) is 11.7. The lowest BCUT2D eigenvalue weighted by Gasteiger charge is -2.04. The molecule has 0 atom stereocenters. The predicted molar refractivity (Wildman–Crippen MR) is 93.0 cm³/mol. The molecule has 0 aliphatic heterocycles. The van der Waals surface area contributed by atoms with Crippen LogP contribution in [0.3, 0.4) is 0 Å². The molecule has 3 aromatic carbocycles. The summed E-state index contributed by atoms with van der Waals surface area (Å²) in [6.45, 7) is 0. The summed E-state index contributed by atoms with van der Waals surface area (Å²) < 4.78 is 0. The minimum absolute atomic E-state index is 0.670. The molecule has 22 heavy (non-hydrogen) atoms. The standard InChI is InChI=1S/C21H15N/c22-16-19(13-6-10-17-8-2-1-3-9-17)21-15-7-12-18-11-4-5-14-20(18)21/h1-15H/b10-6+,19-13-. The first-order valence-corrected chi connectivity index (χ1v) is 7.20. The maximum absolute atomic E-state index is 9.48. The Hall–Kier alpha value is -3.11. The van der Waals surface area contributed by atoms with E-state index in [1.807, 2.05) is 72.8 Å². The Balaban J connectivity index is 1.98. The van der Waals surface area contributed by atoms with Gasteiger partial charge in [-0.3, -0.25) is 0 Å².